The molecule has 2 atom stereocenters. The first-order chi connectivity index (χ1) is 11.5. The summed E-state index contributed by atoms with van der Waals surface area (Å²) in [7, 11) is 1.60. The molecule has 1 aromatic rings. The fourth-order valence-electron chi connectivity index (χ4n) is 3.41. The van der Waals surface area contributed by atoms with Crippen LogP contribution in [0.3, 0.4) is 0 Å². The number of nitrogens with zero attached hydrogens (tertiary/aromatic N) is 2. The van der Waals surface area contributed by atoms with Crippen molar-refractivity contribution in [2.45, 2.75) is 18.9 Å². The van der Waals surface area contributed by atoms with E-state index in [-0.39, 0.29) is 28.7 Å². The highest BCUT2D eigenvalue weighted by molar-refractivity contribution is 7.15. The lowest BCUT2D eigenvalue weighted by Crippen LogP contribution is -2.49. The van der Waals surface area contributed by atoms with Crippen LogP contribution in [0.25, 0.3) is 0 Å². The van der Waals surface area contributed by atoms with Gasteiger partial charge in [0.15, 0.2) is 0 Å². The van der Waals surface area contributed by atoms with Crippen LogP contribution < -0.4 is 0 Å². The van der Waals surface area contributed by atoms with Gasteiger partial charge in [-0.3, -0.25) is 9.59 Å². The highest BCUT2D eigenvalue weighted by Crippen LogP contribution is 2.30. The van der Waals surface area contributed by atoms with Crippen molar-refractivity contribution in [2.24, 2.45) is 5.92 Å². The molecule has 8 heteroatoms. The van der Waals surface area contributed by atoms with E-state index in [1.165, 1.54) is 6.07 Å². The summed E-state index contributed by atoms with van der Waals surface area (Å²) in [5.41, 5.74) is 0. The Morgan fingerprint density at radius 3 is 2.71 bits per heavy atom. The summed E-state index contributed by atoms with van der Waals surface area (Å²) in [5, 5.41) is 9.00. The van der Waals surface area contributed by atoms with Crippen LogP contribution in [0.5, 0.6) is 0 Å². The highest BCUT2D eigenvalue weighted by Gasteiger charge is 2.41. The second-order valence-electron chi connectivity index (χ2n) is 6.13. The third kappa shape index (κ3) is 3.16. The van der Waals surface area contributed by atoms with Crippen molar-refractivity contribution in [3.8, 4) is 0 Å². The predicted molar refractivity (Wildman–Crippen MR) is 87.3 cm³/mol. The van der Waals surface area contributed by atoms with E-state index >= 15 is 0 Å². The number of ether oxygens (including phenoxy) is 1. The Morgan fingerprint density at radius 2 is 2.04 bits per heavy atom. The van der Waals surface area contributed by atoms with Crippen molar-refractivity contribution in [2.75, 3.05) is 33.4 Å². The molecule has 4 rings (SSSR count). The van der Waals surface area contributed by atoms with Gasteiger partial charge in [-0.05, 0) is 25.0 Å². The lowest BCUT2D eigenvalue weighted by molar-refractivity contribution is -0.140. The summed E-state index contributed by atoms with van der Waals surface area (Å²) in [6.07, 6.45) is 1.68. The normalized spacial score (nSPS) is 23.5. The van der Waals surface area contributed by atoms with E-state index in [0.717, 1.165) is 24.2 Å². The van der Waals surface area contributed by atoms with Crippen LogP contribution in [-0.2, 0) is 9.53 Å². The van der Waals surface area contributed by atoms with Crippen LogP contribution in [0, 0.1) is 5.92 Å². The molecular weight excluding hydrogens is 332 g/mol. The Kier molecular flexibility index (Phi) is 4.86. The van der Waals surface area contributed by atoms with E-state index in [1.807, 2.05) is 4.90 Å². The largest absolute Gasteiger partial charge is 0.477 e. The van der Waals surface area contributed by atoms with Gasteiger partial charge in [0.05, 0.1) is 17.4 Å². The van der Waals surface area contributed by atoms with Crippen molar-refractivity contribution in [1.29, 1.82) is 0 Å². The highest BCUT2D eigenvalue weighted by atomic mass is 32.1. The fourth-order valence-corrected chi connectivity index (χ4v) is 4.23. The van der Waals surface area contributed by atoms with Gasteiger partial charge in [-0.15, -0.1) is 11.3 Å². The quantitative estimate of drug-likeness (QED) is 0.859. The van der Waals surface area contributed by atoms with Gasteiger partial charge >= 0.3 is 5.97 Å². The molecule has 3 aliphatic heterocycles. The summed E-state index contributed by atoms with van der Waals surface area (Å²) in [5.74, 6) is -1.30. The number of piperidine rings is 1. The molecule has 4 heterocycles. The Morgan fingerprint density at radius 1 is 1.29 bits per heavy atom. The molecule has 1 N–H and O–H groups in total. The molecule has 0 aliphatic carbocycles. The maximum absolute atomic E-state index is 12.7. The molecule has 24 heavy (non-hydrogen) atoms. The summed E-state index contributed by atoms with van der Waals surface area (Å²) >= 11 is 0.979. The molecule has 3 saturated heterocycles. The van der Waals surface area contributed by atoms with E-state index in [0.29, 0.717) is 31.1 Å². The van der Waals surface area contributed by atoms with Gasteiger partial charge in [0.1, 0.15) is 4.88 Å². The first-order valence-electron chi connectivity index (χ1n) is 7.93. The predicted octanol–water partition coefficient (Wildman–Crippen LogP) is 1.16. The zero-order chi connectivity index (χ0) is 17.3. The van der Waals surface area contributed by atoms with Crippen LogP contribution in [-0.4, -0.2) is 72.1 Å². The van der Waals surface area contributed by atoms with Crippen LogP contribution >= 0.6 is 11.3 Å². The van der Waals surface area contributed by atoms with Gasteiger partial charge in [0.25, 0.3) is 5.91 Å². The molecule has 0 saturated carbocycles. The van der Waals surface area contributed by atoms with Crippen molar-refractivity contribution in [3.63, 3.8) is 0 Å². The molecule has 7 nitrogen and oxygen atoms in total. The number of thiophene rings is 1. The van der Waals surface area contributed by atoms with Crippen LogP contribution in [0.4, 0.5) is 0 Å². The number of hydrogen-bond donors (Lipinski definition) is 1. The number of amides is 2. The molecule has 2 amide bonds. The van der Waals surface area contributed by atoms with E-state index < -0.39 is 5.97 Å². The number of hydrogen-bond acceptors (Lipinski definition) is 5. The smallest absolute Gasteiger partial charge is 0.345 e. The zero-order valence-electron chi connectivity index (χ0n) is 13.4. The fraction of sp³-hybridized carbons (Fsp3) is 0.562. The number of carbonyl (C=O) groups is 3. The second-order valence-corrected chi connectivity index (χ2v) is 7.22. The molecule has 2 bridgehead atoms. The van der Waals surface area contributed by atoms with Crippen LogP contribution in [0.2, 0.25) is 0 Å². The van der Waals surface area contributed by atoms with Crippen LogP contribution in [0.15, 0.2) is 12.1 Å². The van der Waals surface area contributed by atoms with E-state index in [9.17, 15) is 14.4 Å². The monoisotopic (exact) mass is 352 g/mol. The first-order valence-corrected chi connectivity index (χ1v) is 8.74. The maximum Gasteiger partial charge on any atom is 0.345 e. The lowest BCUT2D eigenvalue weighted by Gasteiger charge is -2.35. The van der Waals surface area contributed by atoms with Gasteiger partial charge in [-0.1, -0.05) is 0 Å². The number of aromatic carboxylic acids is 1. The van der Waals surface area contributed by atoms with Gasteiger partial charge in [0, 0.05) is 32.8 Å². The molecule has 0 radical (unpaired) electrons. The van der Waals surface area contributed by atoms with E-state index in [2.05, 4.69) is 0 Å². The first kappa shape index (κ1) is 16.9. The summed E-state index contributed by atoms with van der Waals surface area (Å²) < 4.78 is 5.08. The summed E-state index contributed by atoms with van der Waals surface area (Å²) in [6.45, 7) is 1.92. The topological polar surface area (TPSA) is 87.2 Å². The van der Waals surface area contributed by atoms with E-state index in [4.69, 9.17) is 9.84 Å². The SMILES string of the molecule is COCCN1C(=O)[C@H]2CC[C@@H]1CN(C(=O)c1ccc(C(=O)O)s1)C2. The lowest BCUT2D eigenvalue weighted by atomic mass is 9.94. The zero-order valence-corrected chi connectivity index (χ0v) is 14.3. The molecule has 3 fully saturated rings. The van der Waals surface area contributed by atoms with Gasteiger partial charge < -0.3 is 19.6 Å². The minimum absolute atomic E-state index is 0.00857. The molecule has 0 spiro atoms. The number of carbonyl (C=O) groups excluding carboxylic acids is 2. The minimum Gasteiger partial charge on any atom is -0.477 e. The van der Waals surface area contributed by atoms with E-state index in [1.54, 1.807) is 18.1 Å². The molecular formula is C16H20N2O5S. The molecule has 0 aromatic carbocycles. The summed E-state index contributed by atoms with van der Waals surface area (Å²) in [4.78, 5) is 40.4. The Labute approximate surface area is 143 Å². The van der Waals surface area contributed by atoms with Crippen molar-refractivity contribution in [3.05, 3.63) is 21.9 Å². The average Bonchev–Trinajstić information content (AvgIpc) is 2.90. The number of rotatable bonds is 5. The minimum atomic E-state index is -1.03. The van der Waals surface area contributed by atoms with Crippen molar-refractivity contribution < 1.29 is 24.2 Å². The molecule has 3 aliphatic rings. The third-order valence-electron chi connectivity index (χ3n) is 4.64. The Bertz CT molecular complexity index is 659. The second kappa shape index (κ2) is 6.90. The van der Waals surface area contributed by atoms with Crippen molar-refractivity contribution in [1.82, 2.24) is 9.80 Å². The van der Waals surface area contributed by atoms with Gasteiger partial charge in [-0.25, -0.2) is 4.79 Å². The molecule has 0 unspecified atom stereocenters. The maximum atomic E-state index is 12.7. The molecule has 1 aromatic heterocycles. The number of carboxylic acid groups (broad SMARTS) is 1. The average molecular weight is 352 g/mol. The van der Waals surface area contributed by atoms with Crippen LogP contribution in [0.1, 0.15) is 32.2 Å². The van der Waals surface area contributed by atoms with Gasteiger partial charge in [-0.2, -0.15) is 0 Å². The number of carboxylic acids is 1. The Hall–Kier alpha value is -1.93. The third-order valence-corrected chi connectivity index (χ3v) is 5.71. The van der Waals surface area contributed by atoms with Gasteiger partial charge in [0.2, 0.25) is 5.91 Å². The van der Waals surface area contributed by atoms with Crippen molar-refractivity contribution >= 4 is 29.1 Å². The Balaban J connectivity index is 1.77. The summed E-state index contributed by atoms with van der Waals surface area (Å²) in [6, 6.07) is 3.01. The number of fused-ring (bicyclic) bond motifs is 4. The number of methoxy groups -OCH3 is 1. The molecule has 130 valence electrons. The standard InChI is InChI=1S/C16H20N2O5S/c1-23-7-6-18-11-3-2-10(14(18)19)8-17(9-11)15(20)12-4-5-13(24-12)16(21)22/h4-5,10-11H,2-3,6-9H2,1H3,(H,21,22)/t10-,11+/m0/s1.